The largest absolute Gasteiger partial charge is 0.456 e. The highest BCUT2D eigenvalue weighted by Crippen LogP contribution is 2.41. The van der Waals surface area contributed by atoms with Crippen molar-refractivity contribution < 1.29 is 24.5 Å². The third-order valence-corrected chi connectivity index (χ3v) is 7.03. The molecule has 5 unspecified atom stereocenters. The highest BCUT2D eigenvalue weighted by atomic mass is 35.5. The van der Waals surface area contributed by atoms with Crippen LogP contribution in [0.2, 0.25) is 10.0 Å². The Balaban J connectivity index is 1.70. The molecule has 174 valence electrons. The zero-order chi connectivity index (χ0) is 23.5. The van der Waals surface area contributed by atoms with E-state index in [2.05, 4.69) is 10.3 Å². The molecule has 0 amide bonds. The lowest BCUT2D eigenvalue weighted by atomic mass is 9.97. The predicted molar refractivity (Wildman–Crippen MR) is 124 cm³/mol. The lowest BCUT2D eigenvalue weighted by Crippen LogP contribution is -2.56. The van der Waals surface area contributed by atoms with Gasteiger partial charge in [0.15, 0.2) is 6.10 Å². The Morgan fingerprint density at radius 1 is 1.21 bits per heavy atom. The summed E-state index contributed by atoms with van der Waals surface area (Å²) in [5.41, 5.74) is 0.654. The zero-order valence-electron chi connectivity index (χ0n) is 17.4. The summed E-state index contributed by atoms with van der Waals surface area (Å²) in [7, 11) is 0. The number of thioether (sulfide) groups is 1. The van der Waals surface area contributed by atoms with Crippen LogP contribution in [0.5, 0.6) is 0 Å². The van der Waals surface area contributed by atoms with Crippen molar-refractivity contribution in [3.63, 3.8) is 0 Å². The van der Waals surface area contributed by atoms with E-state index >= 15 is 0 Å². The summed E-state index contributed by atoms with van der Waals surface area (Å²) in [5, 5.41) is 30.0. The zero-order valence-corrected chi connectivity index (χ0v) is 19.7. The van der Waals surface area contributed by atoms with Crippen molar-refractivity contribution >= 4 is 40.9 Å². The molecule has 2 N–H and O–H groups in total. The summed E-state index contributed by atoms with van der Waals surface area (Å²) >= 11 is 13.4. The number of carbonyl (C=O) groups excluding carboxylic acids is 1. The molecule has 0 spiro atoms. The summed E-state index contributed by atoms with van der Waals surface area (Å²) in [5.74, 6) is -0.550. The second-order valence-corrected chi connectivity index (χ2v) is 9.41. The summed E-state index contributed by atoms with van der Waals surface area (Å²) in [6.07, 6.45) is -1.42. The number of hydrogen-bond acceptors (Lipinski definition) is 8. The number of aliphatic hydroxyl groups excluding tert-OH is 2. The number of aliphatic hydroxyl groups is 2. The molecular weight excluding hydrogens is 489 g/mol. The van der Waals surface area contributed by atoms with Crippen LogP contribution in [-0.4, -0.2) is 61.5 Å². The minimum atomic E-state index is -1.21. The van der Waals surface area contributed by atoms with Gasteiger partial charge in [-0.15, -0.1) is 5.10 Å². The second-order valence-electron chi connectivity index (χ2n) is 7.42. The van der Waals surface area contributed by atoms with Crippen molar-refractivity contribution in [3.8, 4) is 11.3 Å². The molecule has 8 nitrogen and oxygen atoms in total. The molecule has 0 aliphatic carbocycles. The van der Waals surface area contributed by atoms with Gasteiger partial charge in [0.2, 0.25) is 0 Å². The minimum absolute atomic E-state index is 0.362. The molecule has 0 saturated carbocycles. The normalized spacial score (nSPS) is 25.1. The first-order valence-corrected chi connectivity index (χ1v) is 11.7. The maximum atomic E-state index is 12.0. The van der Waals surface area contributed by atoms with Crippen LogP contribution in [0, 0.1) is 0 Å². The fourth-order valence-electron chi connectivity index (χ4n) is 3.62. The minimum Gasteiger partial charge on any atom is -0.456 e. The van der Waals surface area contributed by atoms with Gasteiger partial charge >= 0.3 is 5.97 Å². The van der Waals surface area contributed by atoms with Gasteiger partial charge in [0.1, 0.15) is 29.4 Å². The fourth-order valence-corrected chi connectivity index (χ4v) is 5.14. The molecule has 2 aromatic carbocycles. The molecule has 3 aromatic rings. The Morgan fingerprint density at radius 3 is 2.64 bits per heavy atom. The first-order chi connectivity index (χ1) is 15.9. The molecule has 1 aromatic heterocycles. The molecule has 4 rings (SSSR count). The van der Waals surface area contributed by atoms with Crippen molar-refractivity contribution in [2.75, 3.05) is 6.61 Å². The maximum absolute atomic E-state index is 12.0. The number of halogens is 2. The Morgan fingerprint density at radius 2 is 1.97 bits per heavy atom. The average Bonchev–Trinajstić information content (AvgIpc) is 3.28. The lowest BCUT2D eigenvalue weighted by molar-refractivity contribution is -0.197. The maximum Gasteiger partial charge on any atom is 0.303 e. The number of rotatable bonds is 6. The number of aromatic nitrogens is 3. The summed E-state index contributed by atoms with van der Waals surface area (Å²) < 4.78 is 13.0. The van der Waals surface area contributed by atoms with Gasteiger partial charge in [0.05, 0.1) is 22.8 Å². The third kappa shape index (κ3) is 5.34. The number of carbonyl (C=O) groups is 1. The molecule has 1 aliphatic rings. The number of ether oxygens (including phenoxy) is 2. The fraction of sp³-hybridized carbons (Fsp3) is 0.318. The predicted octanol–water partition coefficient (Wildman–Crippen LogP) is 3.60. The van der Waals surface area contributed by atoms with Gasteiger partial charge in [-0.3, -0.25) is 4.79 Å². The van der Waals surface area contributed by atoms with Gasteiger partial charge in [-0.2, -0.15) is 0 Å². The van der Waals surface area contributed by atoms with Gasteiger partial charge in [0, 0.05) is 17.4 Å². The first kappa shape index (κ1) is 24.0. The summed E-state index contributed by atoms with van der Waals surface area (Å²) in [6.45, 7) is 0.836. The standard InChI is InChI=1S/C22H21Cl2N3O5S/c1-12(29)31-21-19(27-10-17(25-26-27)13-5-3-2-4-6-13)20(30)18(11-28)32-22(21)33-14-7-8-15(23)16(24)9-14/h2-10,18-22,28,30H,11H2,1H3. The number of hydrogen-bond donors (Lipinski definition) is 2. The van der Waals surface area contributed by atoms with Crippen LogP contribution >= 0.6 is 35.0 Å². The monoisotopic (exact) mass is 509 g/mol. The van der Waals surface area contributed by atoms with E-state index in [9.17, 15) is 15.0 Å². The quantitative estimate of drug-likeness (QED) is 0.485. The van der Waals surface area contributed by atoms with Crippen LogP contribution < -0.4 is 0 Å². The van der Waals surface area contributed by atoms with Crippen molar-refractivity contribution in [1.82, 2.24) is 15.0 Å². The lowest BCUT2D eigenvalue weighted by Gasteiger charge is -2.43. The Kier molecular flexibility index (Phi) is 7.58. The van der Waals surface area contributed by atoms with E-state index in [-0.39, 0.29) is 0 Å². The van der Waals surface area contributed by atoms with Gasteiger partial charge in [-0.05, 0) is 18.2 Å². The molecule has 11 heteroatoms. The highest BCUT2D eigenvalue weighted by molar-refractivity contribution is 7.99. The van der Waals surface area contributed by atoms with Gasteiger partial charge in [-0.1, -0.05) is 70.5 Å². The van der Waals surface area contributed by atoms with Crippen LogP contribution in [-0.2, 0) is 14.3 Å². The smallest absolute Gasteiger partial charge is 0.303 e. The van der Waals surface area contributed by atoms with E-state index in [0.29, 0.717) is 20.6 Å². The van der Waals surface area contributed by atoms with Crippen molar-refractivity contribution in [2.45, 2.75) is 41.6 Å². The number of nitrogens with zero attached hydrogens (tertiary/aromatic N) is 3. The SMILES string of the molecule is CC(=O)OC1C(Sc2ccc(Cl)c(Cl)c2)OC(CO)C(O)C1n1cc(-c2ccccc2)nn1. The first-order valence-electron chi connectivity index (χ1n) is 10.1. The molecule has 2 heterocycles. The van der Waals surface area contributed by atoms with E-state index in [4.69, 9.17) is 32.7 Å². The van der Waals surface area contributed by atoms with Gasteiger partial charge < -0.3 is 19.7 Å². The van der Waals surface area contributed by atoms with Crippen LogP contribution in [0.4, 0.5) is 0 Å². The highest BCUT2D eigenvalue weighted by Gasteiger charge is 2.49. The second kappa shape index (κ2) is 10.4. The summed E-state index contributed by atoms with van der Waals surface area (Å²) in [4.78, 5) is 12.7. The van der Waals surface area contributed by atoms with E-state index in [1.54, 1.807) is 24.4 Å². The molecule has 5 atom stereocenters. The van der Waals surface area contributed by atoms with Crippen molar-refractivity contribution in [1.29, 1.82) is 0 Å². The van der Waals surface area contributed by atoms with E-state index in [1.807, 2.05) is 30.3 Å². The molecule has 33 heavy (non-hydrogen) atoms. The average molecular weight is 510 g/mol. The van der Waals surface area contributed by atoms with Crippen LogP contribution in [0.3, 0.4) is 0 Å². The Bertz CT molecular complexity index is 1120. The molecule has 0 bridgehead atoms. The molecule has 1 aliphatic heterocycles. The van der Waals surface area contributed by atoms with Crippen molar-refractivity contribution in [3.05, 3.63) is 64.8 Å². The van der Waals surface area contributed by atoms with Gasteiger partial charge in [0.25, 0.3) is 0 Å². The third-order valence-electron chi connectivity index (χ3n) is 5.16. The molecule has 1 fully saturated rings. The van der Waals surface area contributed by atoms with Gasteiger partial charge in [-0.25, -0.2) is 4.68 Å². The summed E-state index contributed by atoms with van der Waals surface area (Å²) in [6, 6.07) is 13.6. The van der Waals surface area contributed by atoms with E-state index < -0.39 is 42.4 Å². The van der Waals surface area contributed by atoms with Crippen LogP contribution in [0.1, 0.15) is 13.0 Å². The van der Waals surface area contributed by atoms with E-state index in [0.717, 1.165) is 5.56 Å². The topological polar surface area (TPSA) is 107 Å². The number of benzene rings is 2. The number of esters is 1. The molecule has 0 radical (unpaired) electrons. The Hall–Kier alpha value is -2.14. The van der Waals surface area contributed by atoms with E-state index in [1.165, 1.54) is 23.4 Å². The Labute approximate surface area is 204 Å². The molecular formula is C22H21Cl2N3O5S. The van der Waals surface area contributed by atoms with Crippen molar-refractivity contribution in [2.24, 2.45) is 0 Å². The molecule has 1 saturated heterocycles. The van der Waals surface area contributed by atoms with Crippen LogP contribution in [0.25, 0.3) is 11.3 Å². The van der Waals surface area contributed by atoms with Crippen LogP contribution in [0.15, 0.2) is 59.6 Å².